The van der Waals surface area contributed by atoms with Crippen LogP contribution in [0.25, 0.3) is 10.9 Å². The zero-order valence-electron chi connectivity index (χ0n) is 11.4. The van der Waals surface area contributed by atoms with Gasteiger partial charge in [0.2, 0.25) is 0 Å². The van der Waals surface area contributed by atoms with E-state index in [1.54, 1.807) is 0 Å². The van der Waals surface area contributed by atoms with E-state index in [1.165, 1.54) is 11.1 Å². The number of benzene rings is 2. The van der Waals surface area contributed by atoms with Crippen molar-refractivity contribution < 1.29 is 0 Å². The number of anilines is 2. The minimum absolute atomic E-state index is 0.735. The van der Waals surface area contributed by atoms with Gasteiger partial charge in [0.1, 0.15) is 0 Å². The number of nitrogen functional groups attached to an aromatic ring is 1. The van der Waals surface area contributed by atoms with E-state index in [1.807, 2.05) is 30.5 Å². The Bertz CT molecular complexity index is 745. The predicted molar refractivity (Wildman–Crippen MR) is 84.7 cm³/mol. The number of nitrogens with two attached hydrogens (primary N) is 1. The van der Waals surface area contributed by atoms with Crippen LogP contribution in [0.3, 0.4) is 0 Å². The summed E-state index contributed by atoms with van der Waals surface area (Å²) >= 11 is 0. The van der Waals surface area contributed by atoms with Crippen LogP contribution in [0.5, 0.6) is 0 Å². The maximum Gasteiger partial charge on any atom is 0.0751 e. The minimum atomic E-state index is 0.735. The van der Waals surface area contributed by atoms with E-state index in [0.717, 1.165) is 28.8 Å². The summed E-state index contributed by atoms with van der Waals surface area (Å²) in [5.41, 5.74) is 11.1. The number of aromatic nitrogens is 1. The summed E-state index contributed by atoms with van der Waals surface area (Å²) in [5.74, 6) is 0. The standard InChI is InChI=1S/C17H17N3/c1-12-7-8-15(18)10-16(12)20-11-14-5-2-4-13-6-3-9-19-17(13)14/h2-10,20H,11,18H2,1H3. The van der Waals surface area contributed by atoms with Gasteiger partial charge in [-0.25, -0.2) is 0 Å². The average molecular weight is 263 g/mol. The van der Waals surface area contributed by atoms with Gasteiger partial charge in [-0.1, -0.05) is 30.3 Å². The monoisotopic (exact) mass is 263 g/mol. The molecule has 0 aliphatic rings. The fourth-order valence-electron chi connectivity index (χ4n) is 2.33. The highest BCUT2D eigenvalue weighted by atomic mass is 14.9. The third-order valence-corrected chi connectivity index (χ3v) is 3.45. The summed E-state index contributed by atoms with van der Waals surface area (Å²) in [7, 11) is 0. The Hall–Kier alpha value is -2.55. The van der Waals surface area contributed by atoms with Crippen molar-refractivity contribution in [1.29, 1.82) is 0 Å². The maximum absolute atomic E-state index is 5.83. The second kappa shape index (κ2) is 5.21. The molecule has 100 valence electrons. The summed E-state index contributed by atoms with van der Waals surface area (Å²) < 4.78 is 0. The number of rotatable bonds is 3. The van der Waals surface area contributed by atoms with Crippen molar-refractivity contribution in [2.45, 2.75) is 13.5 Å². The molecule has 0 saturated carbocycles. The molecule has 3 heteroatoms. The average Bonchev–Trinajstić information content (AvgIpc) is 2.48. The van der Waals surface area contributed by atoms with Crippen LogP contribution < -0.4 is 11.1 Å². The lowest BCUT2D eigenvalue weighted by Crippen LogP contribution is -2.03. The summed E-state index contributed by atoms with van der Waals surface area (Å²) in [4.78, 5) is 4.47. The topological polar surface area (TPSA) is 50.9 Å². The van der Waals surface area contributed by atoms with Crippen LogP contribution in [-0.4, -0.2) is 4.98 Å². The zero-order valence-corrected chi connectivity index (χ0v) is 11.4. The first-order chi connectivity index (χ1) is 9.74. The molecule has 3 rings (SSSR count). The van der Waals surface area contributed by atoms with Gasteiger partial charge in [-0.05, 0) is 36.2 Å². The van der Waals surface area contributed by atoms with E-state index in [4.69, 9.17) is 5.73 Å². The molecule has 20 heavy (non-hydrogen) atoms. The van der Waals surface area contributed by atoms with Gasteiger partial charge in [0.05, 0.1) is 5.52 Å². The van der Waals surface area contributed by atoms with E-state index in [0.29, 0.717) is 0 Å². The number of hydrogen-bond acceptors (Lipinski definition) is 3. The SMILES string of the molecule is Cc1ccc(N)cc1NCc1cccc2cccnc12. The summed E-state index contributed by atoms with van der Waals surface area (Å²) in [5, 5.41) is 4.61. The molecule has 0 amide bonds. The molecule has 3 N–H and O–H groups in total. The normalized spacial score (nSPS) is 10.7. The van der Waals surface area contributed by atoms with E-state index in [9.17, 15) is 0 Å². The van der Waals surface area contributed by atoms with Crippen molar-refractivity contribution in [1.82, 2.24) is 4.98 Å². The molecule has 0 spiro atoms. The van der Waals surface area contributed by atoms with Crippen LogP contribution in [0, 0.1) is 6.92 Å². The van der Waals surface area contributed by atoms with Gasteiger partial charge in [0.25, 0.3) is 0 Å². The Labute approximate surface area is 118 Å². The van der Waals surface area contributed by atoms with Crippen molar-refractivity contribution in [3.8, 4) is 0 Å². The molecule has 0 fully saturated rings. The molecule has 0 unspecified atom stereocenters. The highest BCUT2D eigenvalue weighted by Gasteiger charge is 2.03. The fourth-order valence-corrected chi connectivity index (χ4v) is 2.33. The summed E-state index contributed by atoms with van der Waals surface area (Å²) in [6.45, 7) is 2.81. The molecule has 0 aliphatic heterocycles. The van der Waals surface area contributed by atoms with Gasteiger partial charge in [-0.2, -0.15) is 0 Å². The number of aryl methyl sites for hydroxylation is 1. The minimum Gasteiger partial charge on any atom is -0.399 e. The molecule has 0 aliphatic carbocycles. The third-order valence-electron chi connectivity index (χ3n) is 3.45. The Balaban J connectivity index is 1.89. The van der Waals surface area contributed by atoms with Crippen molar-refractivity contribution in [3.05, 3.63) is 65.9 Å². The molecule has 0 atom stereocenters. The molecular formula is C17H17N3. The lowest BCUT2D eigenvalue weighted by atomic mass is 10.1. The Kier molecular flexibility index (Phi) is 3.25. The number of pyridine rings is 1. The number of para-hydroxylation sites is 1. The number of nitrogens with one attached hydrogen (secondary N) is 1. The van der Waals surface area contributed by atoms with Crippen molar-refractivity contribution in [2.75, 3.05) is 11.1 Å². The van der Waals surface area contributed by atoms with Crippen molar-refractivity contribution in [2.24, 2.45) is 0 Å². The molecule has 1 heterocycles. The fraction of sp³-hybridized carbons (Fsp3) is 0.118. The highest BCUT2D eigenvalue weighted by molar-refractivity contribution is 5.81. The van der Waals surface area contributed by atoms with Crippen molar-refractivity contribution in [3.63, 3.8) is 0 Å². The second-order valence-corrected chi connectivity index (χ2v) is 4.92. The largest absolute Gasteiger partial charge is 0.399 e. The van der Waals surface area contributed by atoms with Gasteiger partial charge < -0.3 is 11.1 Å². The molecule has 0 saturated heterocycles. The van der Waals surface area contributed by atoms with Crippen LogP contribution in [-0.2, 0) is 6.54 Å². The molecule has 3 nitrogen and oxygen atoms in total. The summed E-state index contributed by atoms with van der Waals surface area (Å²) in [6.07, 6.45) is 1.83. The van der Waals surface area contributed by atoms with Gasteiger partial charge in [0, 0.05) is 29.5 Å². The van der Waals surface area contributed by atoms with Crippen LogP contribution >= 0.6 is 0 Å². The van der Waals surface area contributed by atoms with E-state index >= 15 is 0 Å². The van der Waals surface area contributed by atoms with Crippen LogP contribution in [0.15, 0.2) is 54.7 Å². The molecule has 2 aromatic carbocycles. The molecular weight excluding hydrogens is 246 g/mol. The summed E-state index contributed by atoms with van der Waals surface area (Å²) in [6, 6.07) is 16.2. The number of hydrogen-bond donors (Lipinski definition) is 2. The van der Waals surface area contributed by atoms with Gasteiger partial charge in [0.15, 0.2) is 0 Å². The molecule has 0 radical (unpaired) electrons. The maximum atomic E-state index is 5.83. The van der Waals surface area contributed by atoms with Crippen LogP contribution in [0.4, 0.5) is 11.4 Å². The smallest absolute Gasteiger partial charge is 0.0751 e. The van der Waals surface area contributed by atoms with Crippen LogP contribution in [0.1, 0.15) is 11.1 Å². The second-order valence-electron chi connectivity index (χ2n) is 4.92. The number of nitrogens with zero attached hydrogens (tertiary/aromatic N) is 1. The van der Waals surface area contributed by atoms with Gasteiger partial charge in [-0.3, -0.25) is 4.98 Å². The molecule has 3 aromatic rings. The van der Waals surface area contributed by atoms with E-state index in [-0.39, 0.29) is 0 Å². The molecule has 0 bridgehead atoms. The first-order valence-electron chi connectivity index (χ1n) is 6.66. The van der Waals surface area contributed by atoms with E-state index in [2.05, 4.69) is 41.5 Å². The van der Waals surface area contributed by atoms with Crippen LogP contribution in [0.2, 0.25) is 0 Å². The molecule has 1 aromatic heterocycles. The first kappa shape index (κ1) is 12.5. The number of fused-ring (bicyclic) bond motifs is 1. The Morgan fingerprint density at radius 2 is 1.95 bits per heavy atom. The van der Waals surface area contributed by atoms with Gasteiger partial charge in [-0.15, -0.1) is 0 Å². The third kappa shape index (κ3) is 2.43. The quantitative estimate of drug-likeness (QED) is 0.708. The Morgan fingerprint density at radius 3 is 2.85 bits per heavy atom. The van der Waals surface area contributed by atoms with Crippen molar-refractivity contribution >= 4 is 22.3 Å². The Morgan fingerprint density at radius 1 is 1.10 bits per heavy atom. The first-order valence-corrected chi connectivity index (χ1v) is 6.66. The predicted octanol–water partition coefficient (Wildman–Crippen LogP) is 3.74. The lowest BCUT2D eigenvalue weighted by molar-refractivity contribution is 1.14. The highest BCUT2D eigenvalue weighted by Crippen LogP contribution is 2.21. The van der Waals surface area contributed by atoms with E-state index < -0.39 is 0 Å². The zero-order chi connectivity index (χ0) is 13.9. The van der Waals surface area contributed by atoms with Gasteiger partial charge >= 0.3 is 0 Å². The lowest BCUT2D eigenvalue weighted by Gasteiger charge is -2.11.